The van der Waals surface area contributed by atoms with E-state index in [1.807, 2.05) is 24.8 Å². The van der Waals surface area contributed by atoms with E-state index in [0.29, 0.717) is 11.8 Å². The number of pyridine rings is 2. The van der Waals surface area contributed by atoms with Crippen molar-refractivity contribution in [2.75, 3.05) is 0 Å². The van der Waals surface area contributed by atoms with Crippen LogP contribution in [0, 0.1) is 5.92 Å². The summed E-state index contributed by atoms with van der Waals surface area (Å²) in [5.41, 5.74) is 14.6. The Morgan fingerprint density at radius 3 is 2.04 bits per heavy atom. The third-order valence-electron chi connectivity index (χ3n) is 9.51. The topological polar surface area (TPSA) is 25.8 Å². The zero-order valence-corrected chi connectivity index (χ0v) is 25.4. The first-order chi connectivity index (χ1) is 22.2. The molecule has 0 saturated heterocycles. The molecule has 2 unspecified atom stereocenters. The molecule has 2 nitrogen and oxygen atoms in total. The average molecular weight is 579 g/mol. The Labute approximate surface area is 265 Å². The molecule has 2 atom stereocenters. The Kier molecular flexibility index (Phi) is 7.04. The van der Waals surface area contributed by atoms with Crippen molar-refractivity contribution in [2.45, 2.75) is 25.7 Å². The van der Waals surface area contributed by atoms with Crippen LogP contribution in [-0.2, 0) is 6.42 Å². The first-order valence-electron chi connectivity index (χ1n) is 15.9. The van der Waals surface area contributed by atoms with Crippen molar-refractivity contribution in [2.24, 2.45) is 5.92 Å². The van der Waals surface area contributed by atoms with Crippen molar-refractivity contribution in [1.29, 1.82) is 0 Å². The van der Waals surface area contributed by atoms with E-state index in [2.05, 4.69) is 144 Å². The number of hydrogen-bond acceptors (Lipinski definition) is 2. The lowest BCUT2D eigenvalue weighted by atomic mass is 9.73. The summed E-state index contributed by atoms with van der Waals surface area (Å²) in [7, 11) is 0. The Morgan fingerprint density at radius 2 is 1.27 bits per heavy atom. The van der Waals surface area contributed by atoms with E-state index in [4.69, 9.17) is 0 Å². The van der Waals surface area contributed by atoms with E-state index in [1.54, 1.807) is 0 Å². The molecule has 8 rings (SSSR count). The summed E-state index contributed by atoms with van der Waals surface area (Å²) in [5.74, 6) is 0.708. The van der Waals surface area contributed by atoms with Gasteiger partial charge < -0.3 is 0 Å². The van der Waals surface area contributed by atoms with Gasteiger partial charge in [-0.25, -0.2) is 0 Å². The molecule has 2 aromatic heterocycles. The zero-order valence-electron chi connectivity index (χ0n) is 25.4. The van der Waals surface area contributed by atoms with E-state index in [0.717, 1.165) is 12.8 Å². The molecule has 2 aliphatic rings. The molecule has 0 spiro atoms. The van der Waals surface area contributed by atoms with Crippen LogP contribution in [0.25, 0.3) is 50.2 Å². The molecule has 45 heavy (non-hydrogen) atoms. The Hall–Kier alpha value is -5.34. The minimum Gasteiger partial charge on any atom is -0.265 e. The van der Waals surface area contributed by atoms with E-state index < -0.39 is 0 Å². The second-order valence-corrected chi connectivity index (χ2v) is 12.2. The molecule has 0 saturated carbocycles. The highest BCUT2D eigenvalue weighted by atomic mass is 14.6. The van der Waals surface area contributed by atoms with Gasteiger partial charge >= 0.3 is 0 Å². The van der Waals surface area contributed by atoms with Gasteiger partial charge in [-0.1, -0.05) is 97.9 Å². The van der Waals surface area contributed by atoms with Gasteiger partial charge in [0.05, 0.1) is 0 Å². The van der Waals surface area contributed by atoms with Crippen LogP contribution in [0.4, 0.5) is 0 Å². The van der Waals surface area contributed by atoms with Crippen LogP contribution in [-0.4, -0.2) is 9.97 Å². The van der Waals surface area contributed by atoms with Crippen LogP contribution in [0.15, 0.2) is 146 Å². The van der Waals surface area contributed by atoms with E-state index >= 15 is 0 Å². The summed E-state index contributed by atoms with van der Waals surface area (Å²) < 4.78 is 0. The molecule has 216 valence electrons. The SMILES string of the molecule is CC1Cc2c(c(C3=CC=CC(c4ccncc4)C3)c3ccccc3c2-c2cccc(-c3ccncc3)c2)C=C1c1ccccc1. The normalized spacial score (nSPS) is 17.4. The maximum Gasteiger partial charge on any atom is 0.0273 e. The number of allylic oxidation sites excluding steroid dienone is 5. The largest absolute Gasteiger partial charge is 0.265 e. The molecule has 4 aromatic carbocycles. The van der Waals surface area contributed by atoms with Crippen LogP contribution >= 0.6 is 0 Å². The maximum atomic E-state index is 4.27. The fraction of sp³-hybridized carbons (Fsp3) is 0.116. The highest BCUT2D eigenvalue weighted by Crippen LogP contribution is 2.48. The molecule has 0 N–H and O–H groups in total. The van der Waals surface area contributed by atoms with Crippen LogP contribution in [0.3, 0.4) is 0 Å². The molecule has 0 fully saturated rings. The van der Waals surface area contributed by atoms with Crippen LogP contribution in [0.1, 0.15) is 47.1 Å². The summed E-state index contributed by atoms with van der Waals surface area (Å²) in [5, 5.41) is 2.63. The quantitative estimate of drug-likeness (QED) is 0.203. The van der Waals surface area contributed by atoms with Crippen molar-refractivity contribution < 1.29 is 0 Å². The van der Waals surface area contributed by atoms with Gasteiger partial charge in [-0.2, -0.15) is 0 Å². The summed E-state index contributed by atoms with van der Waals surface area (Å²) in [6.45, 7) is 2.38. The van der Waals surface area contributed by atoms with Crippen LogP contribution in [0.2, 0.25) is 0 Å². The van der Waals surface area contributed by atoms with Crippen LogP contribution in [0.5, 0.6) is 0 Å². The van der Waals surface area contributed by atoms with Crippen molar-refractivity contribution in [1.82, 2.24) is 9.97 Å². The van der Waals surface area contributed by atoms with E-state index in [-0.39, 0.29) is 0 Å². The third kappa shape index (κ3) is 5.03. The van der Waals surface area contributed by atoms with Gasteiger partial charge in [0.1, 0.15) is 0 Å². The van der Waals surface area contributed by atoms with Gasteiger partial charge in [-0.3, -0.25) is 9.97 Å². The molecule has 0 radical (unpaired) electrons. The average Bonchev–Trinajstić information content (AvgIpc) is 3.11. The second-order valence-electron chi connectivity index (χ2n) is 12.2. The Balaban J connectivity index is 1.39. The van der Waals surface area contributed by atoms with Crippen molar-refractivity contribution in [3.63, 3.8) is 0 Å². The number of fused-ring (bicyclic) bond motifs is 2. The maximum absolute atomic E-state index is 4.27. The minimum absolute atomic E-state index is 0.319. The van der Waals surface area contributed by atoms with E-state index in [9.17, 15) is 0 Å². The number of rotatable bonds is 5. The fourth-order valence-electron chi connectivity index (χ4n) is 7.37. The van der Waals surface area contributed by atoms with Gasteiger partial charge in [-0.15, -0.1) is 0 Å². The second kappa shape index (κ2) is 11.6. The van der Waals surface area contributed by atoms with Crippen molar-refractivity contribution in [3.8, 4) is 22.3 Å². The minimum atomic E-state index is 0.319. The molecule has 0 aliphatic heterocycles. The predicted molar refractivity (Wildman–Crippen MR) is 189 cm³/mol. The van der Waals surface area contributed by atoms with Gasteiger partial charge in [0.2, 0.25) is 0 Å². The third-order valence-corrected chi connectivity index (χ3v) is 9.51. The van der Waals surface area contributed by atoms with Gasteiger partial charge in [-0.05, 0) is 127 Å². The molecule has 0 amide bonds. The molecule has 2 aliphatic carbocycles. The molecular weight excluding hydrogens is 544 g/mol. The predicted octanol–water partition coefficient (Wildman–Crippen LogP) is 10.8. The Morgan fingerprint density at radius 1 is 0.600 bits per heavy atom. The van der Waals surface area contributed by atoms with Crippen molar-refractivity contribution >= 4 is 28.0 Å². The first-order valence-corrected chi connectivity index (χ1v) is 15.9. The lowest BCUT2D eigenvalue weighted by molar-refractivity contribution is 0.739. The van der Waals surface area contributed by atoms with Gasteiger partial charge in [0, 0.05) is 30.7 Å². The lowest BCUT2D eigenvalue weighted by Crippen LogP contribution is -2.14. The summed E-state index contributed by atoms with van der Waals surface area (Å²) in [4.78, 5) is 8.52. The first kappa shape index (κ1) is 27.2. The standard InChI is InChI=1S/C43H34N2/c1-29-25-40-41(28-39(29)32-9-3-2-4-10-32)43(36-14-8-12-34(27-36)31-19-23-45-24-20-31)38-16-6-5-15-37(38)42(40)35-13-7-11-33(26-35)30-17-21-44-22-18-30/h2-24,26,28-29,34H,25,27H2,1H3. The fourth-order valence-corrected chi connectivity index (χ4v) is 7.37. The van der Waals surface area contributed by atoms with Crippen LogP contribution < -0.4 is 0 Å². The summed E-state index contributed by atoms with van der Waals surface area (Å²) in [6.07, 6.45) is 18.9. The summed E-state index contributed by atoms with van der Waals surface area (Å²) >= 11 is 0. The highest BCUT2D eigenvalue weighted by Gasteiger charge is 2.29. The molecule has 0 bridgehead atoms. The van der Waals surface area contributed by atoms with E-state index in [1.165, 1.54) is 72.0 Å². The lowest BCUT2D eigenvalue weighted by Gasteiger charge is -2.31. The molecular formula is C43H34N2. The molecule has 2 heteroatoms. The monoisotopic (exact) mass is 578 g/mol. The zero-order chi connectivity index (χ0) is 30.2. The summed E-state index contributed by atoms with van der Waals surface area (Å²) in [6, 6.07) is 37.5. The highest BCUT2D eigenvalue weighted by molar-refractivity contribution is 6.09. The van der Waals surface area contributed by atoms with Gasteiger partial charge in [0.25, 0.3) is 0 Å². The molecule has 6 aromatic rings. The van der Waals surface area contributed by atoms with Crippen molar-refractivity contribution in [3.05, 3.63) is 174 Å². The van der Waals surface area contributed by atoms with Gasteiger partial charge in [0.15, 0.2) is 0 Å². The molecule has 2 heterocycles. The smallest absolute Gasteiger partial charge is 0.0273 e. The Bertz CT molecular complexity index is 2100. The number of hydrogen-bond donors (Lipinski definition) is 0. The number of aromatic nitrogens is 2. The number of nitrogens with zero attached hydrogens (tertiary/aromatic N) is 2. The number of benzene rings is 4.